The van der Waals surface area contributed by atoms with E-state index in [-0.39, 0.29) is 0 Å². The van der Waals surface area contributed by atoms with Gasteiger partial charge in [0.2, 0.25) is 0 Å². The molecule has 1 aromatic rings. The van der Waals surface area contributed by atoms with Crippen LogP contribution in [0.15, 0.2) is 24.3 Å². The molecule has 2 nitrogen and oxygen atoms in total. The SMILES string of the molecule is COc1ccc(C2CCCCNC2)cc1. The Bertz CT molecular complexity index is 286. The largest absolute Gasteiger partial charge is 0.497 e. The third-order valence-corrected chi connectivity index (χ3v) is 3.13. The van der Waals surface area contributed by atoms with Gasteiger partial charge < -0.3 is 10.1 Å². The van der Waals surface area contributed by atoms with Crippen LogP contribution in [-0.2, 0) is 0 Å². The average Bonchev–Trinajstić information content (AvgIpc) is 2.58. The van der Waals surface area contributed by atoms with Crippen LogP contribution in [0, 0.1) is 0 Å². The van der Waals surface area contributed by atoms with E-state index in [1.165, 1.54) is 31.4 Å². The van der Waals surface area contributed by atoms with E-state index in [0.717, 1.165) is 12.3 Å². The van der Waals surface area contributed by atoms with Gasteiger partial charge in [-0.15, -0.1) is 0 Å². The van der Waals surface area contributed by atoms with Crippen LogP contribution >= 0.6 is 0 Å². The summed E-state index contributed by atoms with van der Waals surface area (Å²) in [6, 6.07) is 8.49. The Morgan fingerprint density at radius 1 is 1.20 bits per heavy atom. The molecule has 0 amide bonds. The summed E-state index contributed by atoms with van der Waals surface area (Å²) in [5.74, 6) is 1.62. The molecule has 1 unspecified atom stereocenters. The number of hydrogen-bond donors (Lipinski definition) is 1. The molecule has 1 aliphatic heterocycles. The molecule has 0 aromatic heterocycles. The van der Waals surface area contributed by atoms with Gasteiger partial charge in [-0.2, -0.15) is 0 Å². The Balaban J connectivity index is 2.06. The maximum Gasteiger partial charge on any atom is 0.118 e. The molecule has 0 spiro atoms. The van der Waals surface area contributed by atoms with Gasteiger partial charge in [0.05, 0.1) is 7.11 Å². The van der Waals surface area contributed by atoms with Crippen LogP contribution in [0.4, 0.5) is 0 Å². The molecule has 0 saturated carbocycles. The third-order valence-electron chi connectivity index (χ3n) is 3.13. The zero-order valence-electron chi connectivity index (χ0n) is 9.33. The summed E-state index contributed by atoms with van der Waals surface area (Å²) < 4.78 is 5.17. The van der Waals surface area contributed by atoms with Crippen molar-refractivity contribution in [1.82, 2.24) is 5.32 Å². The second-order valence-electron chi connectivity index (χ2n) is 4.17. The first kappa shape index (κ1) is 10.5. The fourth-order valence-corrected chi connectivity index (χ4v) is 2.18. The summed E-state index contributed by atoms with van der Waals surface area (Å²) >= 11 is 0. The van der Waals surface area contributed by atoms with Gasteiger partial charge in [0.15, 0.2) is 0 Å². The Labute approximate surface area is 91.6 Å². The highest BCUT2D eigenvalue weighted by Gasteiger charge is 2.13. The van der Waals surface area contributed by atoms with Gasteiger partial charge in [-0.25, -0.2) is 0 Å². The number of methoxy groups -OCH3 is 1. The van der Waals surface area contributed by atoms with E-state index in [1.54, 1.807) is 7.11 Å². The van der Waals surface area contributed by atoms with E-state index in [1.807, 2.05) is 0 Å². The third kappa shape index (κ3) is 2.72. The fraction of sp³-hybridized carbons (Fsp3) is 0.538. The molecule has 1 atom stereocenters. The lowest BCUT2D eigenvalue weighted by Crippen LogP contribution is -2.19. The monoisotopic (exact) mass is 205 g/mol. The minimum atomic E-state index is 0.679. The van der Waals surface area contributed by atoms with Gasteiger partial charge in [0.25, 0.3) is 0 Å². The van der Waals surface area contributed by atoms with E-state index in [4.69, 9.17) is 4.74 Å². The minimum absolute atomic E-state index is 0.679. The molecule has 15 heavy (non-hydrogen) atoms. The molecule has 1 aliphatic rings. The second kappa shape index (κ2) is 5.17. The van der Waals surface area contributed by atoms with Crippen molar-refractivity contribution in [3.05, 3.63) is 29.8 Å². The summed E-state index contributed by atoms with van der Waals surface area (Å²) in [6.45, 7) is 2.29. The van der Waals surface area contributed by atoms with E-state index in [2.05, 4.69) is 29.6 Å². The predicted octanol–water partition coefficient (Wildman–Crippen LogP) is 2.55. The maximum absolute atomic E-state index is 5.17. The molecule has 1 saturated heterocycles. The highest BCUT2D eigenvalue weighted by molar-refractivity contribution is 5.29. The standard InChI is InChI=1S/C13H19NO/c1-15-13-7-5-11(6-8-13)12-4-2-3-9-14-10-12/h5-8,12,14H,2-4,9-10H2,1H3. The van der Waals surface area contributed by atoms with Gasteiger partial charge in [-0.05, 0) is 43.0 Å². The fourth-order valence-electron chi connectivity index (χ4n) is 2.18. The van der Waals surface area contributed by atoms with Gasteiger partial charge in [0, 0.05) is 6.54 Å². The van der Waals surface area contributed by atoms with Crippen molar-refractivity contribution in [2.45, 2.75) is 25.2 Å². The van der Waals surface area contributed by atoms with E-state index < -0.39 is 0 Å². The van der Waals surface area contributed by atoms with Gasteiger partial charge in [0.1, 0.15) is 5.75 Å². The Morgan fingerprint density at radius 2 is 2.00 bits per heavy atom. The molecular weight excluding hydrogens is 186 g/mol. The summed E-state index contributed by atoms with van der Waals surface area (Å²) in [7, 11) is 1.71. The van der Waals surface area contributed by atoms with Crippen molar-refractivity contribution in [2.75, 3.05) is 20.2 Å². The van der Waals surface area contributed by atoms with Crippen LogP contribution in [0.5, 0.6) is 5.75 Å². The molecule has 1 aromatic carbocycles. The molecule has 0 bridgehead atoms. The highest BCUT2D eigenvalue weighted by Crippen LogP contribution is 2.24. The molecule has 82 valence electrons. The molecule has 0 aliphatic carbocycles. The molecule has 0 radical (unpaired) electrons. The number of nitrogens with one attached hydrogen (secondary N) is 1. The molecule has 1 fully saturated rings. The van der Waals surface area contributed by atoms with Crippen LogP contribution in [-0.4, -0.2) is 20.2 Å². The summed E-state index contributed by atoms with van der Waals surface area (Å²) in [5.41, 5.74) is 1.44. The minimum Gasteiger partial charge on any atom is -0.497 e. The molecule has 1 heterocycles. The van der Waals surface area contributed by atoms with Crippen LogP contribution in [0.25, 0.3) is 0 Å². The van der Waals surface area contributed by atoms with Crippen molar-refractivity contribution in [2.24, 2.45) is 0 Å². The Kier molecular flexibility index (Phi) is 3.62. The number of benzene rings is 1. The first-order valence-corrected chi connectivity index (χ1v) is 5.75. The first-order chi connectivity index (χ1) is 7.40. The van der Waals surface area contributed by atoms with Crippen LogP contribution in [0.1, 0.15) is 30.7 Å². The van der Waals surface area contributed by atoms with Gasteiger partial charge in [-0.3, -0.25) is 0 Å². The van der Waals surface area contributed by atoms with Gasteiger partial charge >= 0.3 is 0 Å². The van der Waals surface area contributed by atoms with Crippen molar-refractivity contribution in [3.63, 3.8) is 0 Å². The highest BCUT2D eigenvalue weighted by atomic mass is 16.5. The lowest BCUT2D eigenvalue weighted by atomic mass is 9.94. The van der Waals surface area contributed by atoms with Crippen molar-refractivity contribution in [1.29, 1.82) is 0 Å². The predicted molar refractivity (Wildman–Crippen MR) is 62.5 cm³/mol. The topological polar surface area (TPSA) is 21.3 Å². The summed E-state index contributed by atoms with van der Waals surface area (Å²) in [6.07, 6.45) is 3.95. The Morgan fingerprint density at radius 3 is 2.73 bits per heavy atom. The van der Waals surface area contributed by atoms with Gasteiger partial charge in [-0.1, -0.05) is 18.6 Å². The normalized spacial score (nSPS) is 22.1. The van der Waals surface area contributed by atoms with Crippen LogP contribution in [0.3, 0.4) is 0 Å². The number of ether oxygens (including phenoxy) is 1. The van der Waals surface area contributed by atoms with Crippen molar-refractivity contribution >= 4 is 0 Å². The van der Waals surface area contributed by atoms with E-state index >= 15 is 0 Å². The molecular formula is C13H19NO. The zero-order chi connectivity index (χ0) is 10.5. The molecule has 2 heteroatoms. The average molecular weight is 205 g/mol. The van der Waals surface area contributed by atoms with Crippen molar-refractivity contribution < 1.29 is 4.74 Å². The summed E-state index contributed by atoms with van der Waals surface area (Å²) in [5, 5.41) is 3.49. The number of rotatable bonds is 2. The molecule has 1 N–H and O–H groups in total. The zero-order valence-corrected chi connectivity index (χ0v) is 9.33. The van der Waals surface area contributed by atoms with Crippen LogP contribution in [0.2, 0.25) is 0 Å². The second-order valence-corrected chi connectivity index (χ2v) is 4.17. The smallest absolute Gasteiger partial charge is 0.118 e. The first-order valence-electron chi connectivity index (χ1n) is 5.75. The Hall–Kier alpha value is -1.02. The quantitative estimate of drug-likeness (QED) is 0.801. The lowest BCUT2D eigenvalue weighted by molar-refractivity contribution is 0.414. The number of hydrogen-bond acceptors (Lipinski definition) is 2. The lowest BCUT2D eigenvalue weighted by Gasteiger charge is -2.14. The van der Waals surface area contributed by atoms with E-state index in [0.29, 0.717) is 5.92 Å². The molecule has 2 rings (SSSR count). The van der Waals surface area contributed by atoms with Crippen molar-refractivity contribution in [3.8, 4) is 5.75 Å². The van der Waals surface area contributed by atoms with Crippen LogP contribution < -0.4 is 10.1 Å². The maximum atomic E-state index is 5.17. The summed E-state index contributed by atoms with van der Waals surface area (Å²) in [4.78, 5) is 0. The van der Waals surface area contributed by atoms with E-state index in [9.17, 15) is 0 Å².